The highest BCUT2D eigenvalue weighted by Gasteiger charge is 2.35. The van der Waals surface area contributed by atoms with Crippen LogP contribution in [0.2, 0.25) is 0 Å². The van der Waals surface area contributed by atoms with Gasteiger partial charge in [-0.25, -0.2) is 0 Å². The van der Waals surface area contributed by atoms with Crippen molar-refractivity contribution in [1.29, 1.82) is 0 Å². The zero-order valence-electron chi connectivity index (χ0n) is 14.3. The molecule has 21 heavy (non-hydrogen) atoms. The molecule has 1 aromatic rings. The van der Waals surface area contributed by atoms with Gasteiger partial charge in [-0.1, -0.05) is 48.5 Å². The first-order valence-electron chi connectivity index (χ1n) is 7.69. The van der Waals surface area contributed by atoms with Crippen LogP contribution in [0.15, 0.2) is 9.79 Å². The van der Waals surface area contributed by atoms with E-state index in [1.54, 1.807) is 19.5 Å². The fraction of sp³-hybridized carbons (Fsp3) is 0.765. The van der Waals surface area contributed by atoms with E-state index in [0.717, 1.165) is 5.25 Å². The Morgan fingerprint density at radius 2 is 1.57 bits per heavy atom. The average Bonchev–Trinajstić information content (AvgIpc) is 2.74. The average molecular weight is 361 g/mol. The van der Waals surface area contributed by atoms with Crippen molar-refractivity contribution in [3.05, 3.63) is 9.75 Å². The molecule has 0 amide bonds. The summed E-state index contributed by atoms with van der Waals surface area (Å²) in [4.78, 5) is 6.41. The summed E-state index contributed by atoms with van der Waals surface area (Å²) in [5.74, 6) is 3.80. The number of fused-ring (bicyclic) bond motifs is 1. The molecule has 0 aromatic carbocycles. The second-order valence-electron chi connectivity index (χ2n) is 7.63. The van der Waals surface area contributed by atoms with E-state index in [4.69, 9.17) is 0 Å². The lowest BCUT2D eigenvalue weighted by molar-refractivity contribution is 0.584. The molecule has 0 bridgehead atoms. The van der Waals surface area contributed by atoms with Crippen molar-refractivity contribution in [2.45, 2.75) is 74.3 Å². The molecule has 0 fully saturated rings. The third kappa shape index (κ3) is 4.19. The lowest BCUT2D eigenvalue weighted by Gasteiger charge is -2.26. The van der Waals surface area contributed by atoms with Crippen molar-refractivity contribution in [3.63, 3.8) is 0 Å². The Labute approximate surface area is 147 Å². The molecule has 1 atom stereocenters. The quantitative estimate of drug-likeness (QED) is 0.591. The van der Waals surface area contributed by atoms with Gasteiger partial charge in [-0.2, -0.15) is 11.8 Å². The monoisotopic (exact) mass is 360 g/mol. The molecule has 1 unspecified atom stereocenters. The van der Waals surface area contributed by atoms with Crippen LogP contribution < -0.4 is 0 Å². The Bertz CT molecular complexity index is 488. The lowest BCUT2D eigenvalue weighted by Crippen LogP contribution is -2.17. The van der Waals surface area contributed by atoms with E-state index in [9.17, 15) is 0 Å². The molecule has 1 aliphatic heterocycles. The maximum Gasteiger partial charge on any atom is 0.0359 e. The number of thiophene rings is 1. The van der Waals surface area contributed by atoms with E-state index in [0.29, 0.717) is 0 Å². The summed E-state index contributed by atoms with van der Waals surface area (Å²) >= 11 is 8.42. The van der Waals surface area contributed by atoms with Crippen LogP contribution in [0.1, 0.15) is 58.2 Å². The van der Waals surface area contributed by atoms with Crippen LogP contribution >= 0.6 is 46.6 Å². The molecule has 0 N–H and O–H groups in total. The third-order valence-corrected chi connectivity index (χ3v) is 9.86. The number of rotatable bonds is 3. The summed E-state index contributed by atoms with van der Waals surface area (Å²) in [5.41, 5.74) is 0.516. The molecule has 0 aliphatic carbocycles. The standard InChI is InChI=1S/C17H28S4/c1-8-18-9-11-10-19-12-13(20-11)15(17(5,6)7)21-14(12)16(2,3)4/h11H,8-10H2,1-7H3. The summed E-state index contributed by atoms with van der Waals surface area (Å²) < 4.78 is 0. The fourth-order valence-electron chi connectivity index (χ4n) is 2.33. The molecule has 2 rings (SSSR count). The molecule has 0 radical (unpaired) electrons. The van der Waals surface area contributed by atoms with Gasteiger partial charge in [0.15, 0.2) is 0 Å². The lowest BCUT2D eigenvalue weighted by atomic mass is 9.93. The Morgan fingerprint density at radius 1 is 1.00 bits per heavy atom. The zero-order valence-corrected chi connectivity index (χ0v) is 17.6. The minimum absolute atomic E-state index is 0.256. The van der Waals surface area contributed by atoms with Crippen LogP contribution in [0.4, 0.5) is 0 Å². The van der Waals surface area contributed by atoms with Gasteiger partial charge in [-0.15, -0.1) is 34.9 Å². The smallest absolute Gasteiger partial charge is 0.0359 e. The number of thioether (sulfide) groups is 3. The van der Waals surface area contributed by atoms with Crippen molar-refractivity contribution in [2.24, 2.45) is 0 Å². The van der Waals surface area contributed by atoms with Gasteiger partial charge >= 0.3 is 0 Å². The molecule has 0 saturated heterocycles. The number of hydrogen-bond acceptors (Lipinski definition) is 4. The van der Waals surface area contributed by atoms with Crippen LogP contribution in [-0.2, 0) is 10.8 Å². The van der Waals surface area contributed by atoms with Gasteiger partial charge < -0.3 is 0 Å². The summed E-state index contributed by atoms with van der Waals surface area (Å²) in [6.07, 6.45) is 0. The predicted octanol–water partition coefficient (Wildman–Crippen LogP) is 6.66. The van der Waals surface area contributed by atoms with Gasteiger partial charge in [-0.05, 0) is 16.6 Å². The van der Waals surface area contributed by atoms with Gasteiger partial charge in [0.25, 0.3) is 0 Å². The van der Waals surface area contributed by atoms with Gasteiger partial charge in [0.2, 0.25) is 0 Å². The topological polar surface area (TPSA) is 0 Å². The first-order chi connectivity index (χ1) is 9.64. The van der Waals surface area contributed by atoms with E-state index in [1.165, 1.54) is 17.3 Å². The SMILES string of the molecule is CCSCC1CSc2c(C(C)(C)C)sc(C(C)(C)C)c2S1. The summed E-state index contributed by atoms with van der Waals surface area (Å²) in [5, 5.41) is 0.774. The second-order valence-corrected chi connectivity index (χ2v) is 12.3. The highest BCUT2D eigenvalue weighted by Crippen LogP contribution is 2.54. The van der Waals surface area contributed by atoms with E-state index in [1.807, 2.05) is 0 Å². The van der Waals surface area contributed by atoms with Crippen molar-refractivity contribution in [2.75, 3.05) is 17.3 Å². The predicted molar refractivity (Wildman–Crippen MR) is 105 cm³/mol. The molecule has 120 valence electrons. The Hall–Kier alpha value is 0.750. The van der Waals surface area contributed by atoms with Crippen LogP contribution in [0.5, 0.6) is 0 Å². The van der Waals surface area contributed by atoms with Crippen molar-refractivity contribution < 1.29 is 0 Å². The largest absolute Gasteiger partial charge is 0.161 e. The number of hydrogen-bond donors (Lipinski definition) is 0. The minimum Gasteiger partial charge on any atom is -0.161 e. The van der Waals surface area contributed by atoms with Gasteiger partial charge in [-0.3, -0.25) is 0 Å². The maximum atomic E-state index is 2.36. The molecular formula is C17H28S4. The van der Waals surface area contributed by atoms with Crippen LogP contribution in [0.25, 0.3) is 0 Å². The first kappa shape index (κ1) is 18.1. The highest BCUT2D eigenvalue weighted by molar-refractivity contribution is 8.07. The molecule has 4 heteroatoms. The first-order valence-corrected chi connectivity index (χ1v) is 11.5. The van der Waals surface area contributed by atoms with E-state index in [-0.39, 0.29) is 10.8 Å². The Morgan fingerprint density at radius 3 is 2.10 bits per heavy atom. The second kappa shape index (κ2) is 6.70. The summed E-state index contributed by atoms with van der Waals surface area (Å²) in [6.45, 7) is 16.4. The molecular weight excluding hydrogens is 332 g/mol. The third-order valence-electron chi connectivity index (χ3n) is 3.39. The maximum absolute atomic E-state index is 2.36. The van der Waals surface area contributed by atoms with Gasteiger partial charge in [0.1, 0.15) is 0 Å². The zero-order chi connectivity index (χ0) is 15.8. The van der Waals surface area contributed by atoms with E-state index >= 15 is 0 Å². The van der Waals surface area contributed by atoms with Crippen molar-refractivity contribution >= 4 is 46.6 Å². The molecule has 0 nitrogen and oxygen atoms in total. The van der Waals surface area contributed by atoms with Crippen LogP contribution in [-0.4, -0.2) is 22.5 Å². The summed E-state index contributed by atoms with van der Waals surface area (Å²) in [6, 6.07) is 0. The normalized spacial score (nSPS) is 19.7. The highest BCUT2D eigenvalue weighted by atomic mass is 32.2. The van der Waals surface area contributed by atoms with Crippen molar-refractivity contribution in [3.8, 4) is 0 Å². The Balaban J connectivity index is 2.39. The molecule has 0 spiro atoms. The fourth-order valence-corrected chi connectivity index (χ4v) is 8.46. The molecule has 1 aliphatic rings. The molecule has 2 heterocycles. The van der Waals surface area contributed by atoms with E-state index < -0.39 is 0 Å². The molecule has 0 saturated carbocycles. The van der Waals surface area contributed by atoms with Crippen molar-refractivity contribution in [1.82, 2.24) is 0 Å². The molecule has 1 aromatic heterocycles. The summed E-state index contributed by atoms with van der Waals surface area (Å²) in [7, 11) is 0. The van der Waals surface area contributed by atoms with E-state index in [2.05, 4.69) is 95.1 Å². The van der Waals surface area contributed by atoms with Crippen LogP contribution in [0, 0.1) is 0 Å². The van der Waals surface area contributed by atoms with Gasteiger partial charge in [0, 0.05) is 36.3 Å². The Kier molecular flexibility index (Phi) is 5.78. The minimum atomic E-state index is 0.256. The van der Waals surface area contributed by atoms with Gasteiger partial charge in [0.05, 0.1) is 0 Å². The van der Waals surface area contributed by atoms with Crippen LogP contribution in [0.3, 0.4) is 0 Å².